The lowest BCUT2D eigenvalue weighted by atomic mass is 10.3. The minimum atomic E-state index is -3.48. The summed E-state index contributed by atoms with van der Waals surface area (Å²) >= 11 is 0. The fourth-order valence-corrected chi connectivity index (χ4v) is 3.46. The van der Waals surface area contributed by atoms with Crippen molar-refractivity contribution >= 4 is 22.2 Å². The van der Waals surface area contributed by atoms with Gasteiger partial charge in [-0.1, -0.05) is 0 Å². The number of hydrogen-bond acceptors (Lipinski definition) is 5. The molecule has 2 rings (SSSR count). The summed E-state index contributed by atoms with van der Waals surface area (Å²) in [5.41, 5.74) is 0.120. The monoisotopic (exact) mass is 273 g/mol. The van der Waals surface area contributed by atoms with Crippen molar-refractivity contribution in [2.45, 2.75) is 16.7 Å². The zero-order valence-corrected chi connectivity index (χ0v) is 10.6. The minimum Gasteiger partial charge on any atom is -0.315 e. The average Bonchev–Trinajstić information content (AvgIpc) is 2.83. The Balaban J connectivity index is 0.00000144. The van der Waals surface area contributed by atoms with Gasteiger partial charge in [-0.15, -0.1) is 12.4 Å². The summed E-state index contributed by atoms with van der Waals surface area (Å²) in [6, 6.07) is 4.90. The Labute approximate surface area is 106 Å². The number of nitrogens with zero attached hydrogens (tertiary/aromatic N) is 2. The first-order valence-electron chi connectivity index (χ1n) is 4.96. The van der Waals surface area contributed by atoms with Crippen molar-refractivity contribution in [3.63, 3.8) is 0 Å². The first-order valence-corrected chi connectivity index (χ1v) is 6.50. The third-order valence-electron chi connectivity index (χ3n) is 2.62. The van der Waals surface area contributed by atoms with E-state index in [2.05, 4.69) is 10.3 Å². The minimum absolute atomic E-state index is 0. The Morgan fingerprint density at radius 2 is 2.29 bits per heavy atom. The van der Waals surface area contributed by atoms with Gasteiger partial charge in [0, 0.05) is 12.7 Å². The fraction of sp³-hybridized carbons (Fsp3) is 0.400. The van der Waals surface area contributed by atoms with Gasteiger partial charge in [-0.2, -0.15) is 5.26 Å². The molecule has 1 aliphatic heterocycles. The molecule has 0 aromatic carbocycles. The number of aromatic nitrogens is 1. The van der Waals surface area contributed by atoms with Gasteiger partial charge in [0.25, 0.3) is 0 Å². The summed E-state index contributed by atoms with van der Waals surface area (Å²) in [6.45, 7) is 1.13. The van der Waals surface area contributed by atoms with Crippen LogP contribution in [0.1, 0.15) is 12.0 Å². The number of nitriles is 1. The van der Waals surface area contributed by atoms with Gasteiger partial charge in [0.05, 0.1) is 10.8 Å². The maximum Gasteiger partial charge on any atom is 0.201 e. The molecule has 0 spiro atoms. The second-order valence-electron chi connectivity index (χ2n) is 3.63. The highest BCUT2D eigenvalue weighted by Crippen LogP contribution is 2.21. The molecular formula is C10H12ClN3O2S. The molecule has 2 heterocycles. The molecule has 0 saturated carbocycles. The first kappa shape index (κ1) is 13.9. The van der Waals surface area contributed by atoms with Crippen LogP contribution < -0.4 is 5.32 Å². The standard InChI is InChI=1S/C10H11N3O2S.ClH/c11-6-8-2-1-4-13-10(8)16(14,15)9-3-5-12-7-9;/h1-2,4,9,12H,3,5,7H2;1H/t9-;/m1./s1. The van der Waals surface area contributed by atoms with E-state index < -0.39 is 15.1 Å². The van der Waals surface area contributed by atoms with Crippen molar-refractivity contribution in [3.8, 4) is 6.07 Å². The van der Waals surface area contributed by atoms with Crippen molar-refractivity contribution in [2.24, 2.45) is 0 Å². The van der Waals surface area contributed by atoms with E-state index in [1.807, 2.05) is 6.07 Å². The van der Waals surface area contributed by atoms with Crippen molar-refractivity contribution in [3.05, 3.63) is 23.9 Å². The average molecular weight is 274 g/mol. The normalized spacial score (nSPS) is 19.4. The van der Waals surface area contributed by atoms with E-state index in [1.54, 1.807) is 6.07 Å². The highest BCUT2D eigenvalue weighted by atomic mass is 35.5. The van der Waals surface area contributed by atoms with E-state index in [1.165, 1.54) is 12.3 Å². The molecule has 0 aliphatic carbocycles. The molecule has 1 atom stereocenters. The zero-order valence-electron chi connectivity index (χ0n) is 8.96. The highest BCUT2D eigenvalue weighted by Gasteiger charge is 2.32. The van der Waals surface area contributed by atoms with Crippen LogP contribution >= 0.6 is 12.4 Å². The van der Waals surface area contributed by atoms with Gasteiger partial charge >= 0.3 is 0 Å². The van der Waals surface area contributed by atoms with Crippen LogP contribution in [0.15, 0.2) is 23.4 Å². The SMILES string of the molecule is Cl.N#Cc1cccnc1S(=O)(=O)[C@@H]1CCNC1. The summed E-state index contributed by atoms with van der Waals surface area (Å²) in [7, 11) is -3.48. The molecule has 1 aromatic heterocycles. The number of nitrogens with one attached hydrogen (secondary N) is 1. The molecule has 1 aromatic rings. The molecule has 0 amide bonds. The predicted molar refractivity (Wildman–Crippen MR) is 64.7 cm³/mol. The van der Waals surface area contributed by atoms with Crippen molar-refractivity contribution in [1.29, 1.82) is 5.26 Å². The molecule has 0 bridgehead atoms. The predicted octanol–water partition coefficient (Wildman–Crippen LogP) is 0.511. The maximum atomic E-state index is 12.2. The van der Waals surface area contributed by atoms with Crippen molar-refractivity contribution < 1.29 is 8.42 Å². The summed E-state index contributed by atoms with van der Waals surface area (Å²) in [5.74, 6) is 0. The third kappa shape index (κ3) is 2.57. The van der Waals surface area contributed by atoms with E-state index >= 15 is 0 Å². The van der Waals surface area contributed by atoms with Gasteiger partial charge < -0.3 is 5.32 Å². The summed E-state index contributed by atoms with van der Waals surface area (Å²) in [5, 5.41) is 11.3. The Hall–Kier alpha value is -1.16. The van der Waals surface area contributed by atoms with E-state index in [-0.39, 0.29) is 23.0 Å². The lowest BCUT2D eigenvalue weighted by molar-refractivity contribution is 0.578. The first-order chi connectivity index (χ1) is 7.66. The number of sulfone groups is 1. The summed E-state index contributed by atoms with van der Waals surface area (Å²) < 4.78 is 24.3. The van der Waals surface area contributed by atoms with E-state index in [0.29, 0.717) is 19.5 Å². The molecule has 7 heteroatoms. The quantitative estimate of drug-likeness (QED) is 0.849. The van der Waals surface area contributed by atoms with Crippen LogP contribution in [0.3, 0.4) is 0 Å². The van der Waals surface area contributed by atoms with Crippen LogP contribution in [-0.2, 0) is 9.84 Å². The zero-order chi connectivity index (χ0) is 11.6. The highest BCUT2D eigenvalue weighted by molar-refractivity contribution is 7.92. The van der Waals surface area contributed by atoms with Crippen molar-refractivity contribution in [2.75, 3.05) is 13.1 Å². The summed E-state index contributed by atoms with van der Waals surface area (Å²) in [6.07, 6.45) is 1.97. The van der Waals surface area contributed by atoms with Crippen molar-refractivity contribution in [1.82, 2.24) is 10.3 Å². The Morgan fingerprint density at radius 3 is 2.88 bits per heavy atom. The van der Waals surface area contributed by atoms with E-state index in [4.69, 9.17) is 5.26 Å². The van der Waals surface area contributed by atoms with Crippen LogP contribution in [0.25, 0.3) is 0 Å². The lowest BCUT2D eigenvalue weighted by Crippen LogP contribution is -2.25. The fourth-order valence-electron chi connectivity index (χ4n) is 1.75. The smallest absolute Gasteiger partial charge is 0.201 e. The lowest BCUT2D eigenvalue weighted by Gasteiger charge is -2.10. The van der Waals surface area contributed by atoms with Gasteiger partial charge in [-0.3, -0.25) is 0 Å². The topological polar surface area (TPSA) is 82.8 Å². The van der Waals surface area contributed by atoms with E-state index in [9.17, 15) is 8.42 Å². The Kier molecular flexibility index (Phi) is 4.46. The van der Waals surface area contributed by atoms with Gasteiger partial charge in [0.15, 0.2) is 5.03 Å². The molecule has 17 heavy (non-hydrogen) atoms. The molecule has 0 radical (unpaired) electrons. The largest absolute Gasteiger partial charge is 0.315 e. The van der Waals surface area contributed by atoms with Gasteiger partial charge in [-0.25, -0.2) is 13.4 Å². The molecule has 1 saturated heterocycles. The van der Waals surface area contributed by atoms with Gasteiger partial charge in [-0.05, 0) is 25.1 Å². The van der Waals surface area contributed by atoms with Crippen LogP contribution in [0.5, 0.6) is 0 Å². The molecule has 1 N–H and O–H groups in total. The number of hydrogen-bond donors (Lipinski definition) is 1. The second kappa shape index (κ2) is 5.45. The third-order valence-corrected chi connectivity index (χ3v) is 4.76. The molecular weight excluding hydrogens is 262 g/mol. The van der Waals surface area contributed by atoms with Crippen LogP contribution in [0.2, 0.25) is 0 Å². The van der Waals surface area contributed by atoms with E-state index in [0.717, 1.165) is 0 Å². The Morgan fingerprint density at radius 1 is 1.53 bits per heavy atom. The maximum absolute atomic E-state index is 12.2. The van der Waals surface area contributed by atoms with Gasteiger partial charge in [0.2, 0.25) is 9.84 Å². The Bertz CT molecular complexity index is 533. The number of halogens is 1. The van der Waals surface area contributed by atoms with Gasteiger partial charge in [0.1, 0.15) is 6.07 Å². The number of pyridine rings is 1. The molecule has 1 fully saturated rings. The number of rotatable bonds is 2. The van der Waals surface area contributed by atoms with Crippen LogP contribution in [-0.4, -0.2) is 31.7 Å². The second-order valence-corrected chi connectivity index (χ2v) is 5.77. The molecule has 92 valence electrons. The molecule has 5 nitrogen and oxygen atoms in total. The van der Waals surface area contributed by atoms with Crippen LogP contribution in [0, 0.1) is 11.3 Å². The molecule has 0 unspecified atom stereocenters. The molecule has 1 aliphatic rings. The van der Waals surface area contributed by atoms with Crippen LogP contribution in [0.4, 0.5) is 0 Å². The summed E-state index contributed by atoms with van der Waals surface area (Å²) in [4.78, 5) is 3.83.